The molecule has 1 saturated carbocycles. The van der Waals surface area contributed by atoms with E-state index in [-0.39, 0.29) is 46.2 Å². The van der Waals surface area contributed by atoms with Crippen LogP contribution in [0.3, 0.4) is 0 Å². The monoisotopic (exact) mass is 612 g/mol. The molecule has 2 amide bonds. The molecule has 5 rings (SSSR count). The van der Waals surface area contributed by atoms with E-state index in [9.17, 15) is 22.8 Å². The molecule has 3 aromatic rings. The van der Waals surface area contributed by atoms with Crippen molar-refractivity contribution in [3.8, 4) is 0 Å². The van der Waals surface area contributed by atoms with Gasteiger partial charge in [0, 0.05) is 11.7 Å². The van der Waals surface area contributed by atoms with E-state index >= 15 is 0 Å². The summed E-state index contributed by atoms with van der Waals surface area (Å²) in [5.74, 6) is -1.27. The maximum atomic E-state index is 13.5. The van der Waals surface area contributed by atoms with Crippen molar-refractivity contribution in [3.63, 3.8) is 0 Å². The standard InChI is InChI=1S/C27H28N6O7S2/c1-16-4-12-20(13-5-16)42(37,38)29-24-22(31(2)30-40-24)15-32-21(25(35)33(27(32)41)19-10-11-19)14-23(34)28-18-8-6-17(7-9-18)26(36)39-3/h4-9,12-13,19,21H,10-11,14-15H2,1-3H3,(H,28,34)/b29-24-. The Balaban J connectivity index is 1.40. The molecule has 0 bridgehead atoms. The average Bonchev–Trinajstić information content (AvgIpc) is 3.70. The molecule has 220 valence electrons. The number of carbonyl (C=O) groups excluding carboxylic acids is 3. The number of sulfonamides is 1. The summed E-state index contributed by atoms with van der Waals surface area (Å²) in [6, 6.07) is 11.4. The lowest BCUT2D eigenvalue weighted by molar-refractivity contribution is -0.752. The minimum atomic E-state index is -4.13. The largest absolute Gasteiger partial charge is 0.486 e. The molecule has 2 fully saturated rings. The van der Waals surface area contributed by atoms with Gasteiger partial charge in [-0.05, 0) is 68.4 Å². The Bertz CT molecular complexity index is 1730. The first kappa shape index (κ1) is 29.1. The second-order valence-corrected chi connectivity index (χ2v) is 12.0. The van der Waals surface area contributed by atoms with Gasteiger partial charge in [0.2, 0.25) is 5.91 Å². The van der Waals surface area contributed by atoms with Crippen molar-refractivity contribution < 1.29 is 36.7 Å². The smallest absolute Gasteiger partial charge is 0.337 e. The number of aryl methyl sites for hydroxylation is 2. The van der Waals surface area contributed by atoms with Crippen LogP contribution in [0, 0.1) is 6.92 Å². The third kappa shape index (κ3) is 5.97. The quantitative estimate of drug-likeness (QED) is 0.210. The molecule has 0 radical (unpaired) electrons. The van der Waals surface area contributed by atoms with E-state index in [1.165, 1.54) is 41.0 Å². The minimum Gasteiger partial charge on any atom is -0.486 e. The maximum Gasteiger partial charge on any atom is 0.337 e. The molecule has 2 aliphatic rings. The Labute approximate surface area is 246 Å². The highest BCUT2D eigenvalue weighted by Crippen LogP contribution is 2.34. The molecular weight excluding hydrogens is 584 g/mol. The van der Waals surface area contributed by atoms with Crippen LogP contribution in [0.2, 0.25) is 0 Å². The summed E-state index contributed by atoms with van der Waals surface area (Å²) in [5, 5.41) is 6.80. The minimum absolute atomic E-state index is 0.0148. The fourth-order valence-corrected chi connectivity index (χ4v) is 5.89. The number of thiocarbonyl (C=S) groups is 1. The number of rotatable bonds is 9. The van der Waals surface area contributed by atoms with Crippen LogP contribution >= 0.6 is 12.2 Å². The molecule has 1 aromatic heterocycles. The number of nitrogens with zero attached hydrogens (tertiary/aromatic N) is 5. The Morgan fingerprint density at radius 2 is 1.83 bits per heavy atom. The number of benzene rings is 2. The molecule has 1 unspecified atom stereocenters. The van der Waals surface area contributed by atoms with Crippen LogP contribution in [0.1, 0.15) is 40.9 Å². The summed E-state index contributed by atoms with van der Waals surface area (Å²) < 4.78 is 41.1. The van der Waals surface area contributed by atoms with Crippen LogP contribution in [-0.4, -0.2) is 60.3 Å². The molecule has 1 aliphatic heterocycles. The zero-order valence-corrected chi connectivity index (χ0v) is 24.6. The van der Waals surface area contributed by atoms with Gasteiger partial charge in [-0.25, -0.2) is 9.48 Å². The van der Waals surface area contributed by atoms with Crippen molar-refractivity contribution in [2.45, 2.75) is 49.7 Å². The topological polar surface area (TPSA) is 157 Å². The van der Waals surface area contributed by atoms with Crippen LogP contribution in [-0.2, 0) is 37.9 Å². The van der Waals surface area contributed by atoms with Gasteiger partial charge >= 0.3 is 5.97 Å². The van der Waals surface area contributed by atoms with Gasteiger partial charge < -0.3 is 19.5 Å². The van der Waals surface area contributed by atoms with Crippen molar-refractivity contribution in [1.82, 2.24) is 15.1 Å². The first-order valence-electron chi connectivity index (χ1n) is 13.0. The fourth-order valence-electron chi connectivity index (χ4n) is 4.51. The van der Waals surface area contributed by atoms with Gasteiger partial charge in [-0.15, -0.1) is 4.40 Å². The number of esters is 1. The number of anilines is 1. The van der Waals surface area contributed by atoms with Gasteiger partial charge in [-0.3, -0.25) is 19.8 Å². The average molecular weight is 613 g/mol. The number of amides is 2. The Kier molecular flexibility index (Phi) is 7.97. The molecule has 0 spiro atoms. The Morgan fingerprint density at radius 3 is 2.45 bits per heavy atom. The lowest BCUT2D eigenvalue weighted by Crippen LogP contribution is -2.45. The molecule has 1 aliphatic carbocycles. The van der Waals surface area contributed by atoms with Crippen molar-refractivity contribution in [3.05, 3.63) is 70.9 Å². The second-order valence-electron chi connectivity index (χ2n) is 10.0. The number of hydrogen-bond acceptors (Lipinski definition) is 8. The summed E-state index contributed by atoms with van der Waals surface area (Å²) in [4.78, 5) is 41.3. The van der Waals surface area contributed by atoms with Crippen molar-refractivity contribution in [2.75, 3.05) is 12.4 Å². The van der Waals surface area contributed by atoms with E-state index < -0.39 is 27.9 Å². The van der Waals surface area contributed by atoms with Crippen molar-refractivity contribution in [2.24, 2.45) is 11.4 Å². The Hall–Kier alpha value is -4.37. The highest BCUT2D eigenvalue weighted by molar-refractivity contribution is 7.90. The second kappa shape index (κ2) is 11.5. The number of nitrogens with one attached hydrogen (secondary N) is 1. The summed E-state index contributed by atoms with van der Waals surface area (Å²) in [7, 11) is -1.31. The number of carbonyl (C=O) groups is 3. The summed E-state index contributed by atoms with van der Waals surface area (Å²) in [5.41, 5.74) is 1.64. The van der Waals surface area contributed by atoms with Gasteiger partial charge in [-0.1, -0.05) is 17.7 Å². The van der Waals surface area contributed by atoms with E-state index in [0.717, 1.165) is 18.4 Å². The first-order valence-corrected chi connectivity index (χ1v) is 14.8. The number of aromatic nitrogens is 2. The zero-order valence-electron chi connectivity index (χ0n) is 23.0. The van der Waals surface area contributed by atoms with Crippen LogP contribution in [0.4, 0.5) is 5.69 Å². The Morgan fingerprint density at radius 1 is 1.17 bits per heavy atom. The van der Waals surface area contributed by atoms with Gasteiger partial charge in [-0.2, -0.15) is 8.42 Å². The lowest BCUT2D eigenvalue weighted by atomic mass is 10.1. The predicted molar refractivity (Wildman–Crippen MR) is 150 cm³/mol. The molecule has 13 nitrogen and oxygen atoms in total. The normalized spacial score (nSPS) is 17.6. The highest BCUT2D eigenvalue weighted by Gasteiger charge is 2.49. The molecule has 2 aromatic carbocycles. The fraction of sp³-hybridized carbons (Fsp3) is 0.333. The van der Waals surface area contributed by atoms with Crippen LogP contribution in [0.15, 0.2) is 62.3 Å². The van der Waals surface area contributed by atoms with E-state index in [4.69, 9.17) is 16.7 Å². The molecule has 15 heteroatoms. The number of ether oxygens (including phenoxy) is 1. The van der Waals surface area contributed by atoms with Crippen LogP contribution < -0.4 is 20.8 Å². The third-order valence-corrected chi connectivity index (χ3v) is 8.67. The van der Waals surface area contributed by atoms with Crippen molar-refractivity contribution >= 4 is 50.8 Å². The van der Waals surface area contributed by atoms with Crippen LogP contribution in [0.25, 0.3) is 0 Å². The molecular formula is C27H28N6O7S2. The van der Waals surface area contributed by atoms with E-state index in [0.29, 0.717) is 11.3 Å². The summed E-state index contributed by atoms with van der Waals surface area (Å²) >= 11 is 5.67. The zero-order chi connectivity index (χ0) is 30.2. The van der Waals surface area contributed by atoms with Gasteiger partial charge in [0.05, 0.1) is 24.0 Å². The maximum absolute atomic E-state index is 13.5. The first-order chi connectivity index (χ1) is 20.0. The van der Waals surface area contributed by atoms with Gasteiger partial charge in [0.1, 0.15) is 19.6 Å². The van der Waals surface area contributed by atoms with E-state index in [2.05, 4.69) is 19.7 Å². The van der Waals surface area contributed by atoms with Gasteiger partial charge in [0.25, 0.3) is 27.2 Å². The number of hydrogen-bond donors (Lipinski definition) is 1. The summed E-state index contributed by atoms with van der Waals surface area (Å²) in [6.07, 6.45) is 1.35. The number of methoxy groups -OCH3 is 1. The van der Waals surface area contributed by atoms with Crippen molar-refractivity contribution in [1.29, 1.82) is 0 Å². The summed E-state index contributed by atoms with van der Waals surface area (Å²) in [6.45, 7) is 1.76. The highest BCUT2D eigenvalue weighted by atomic mass is 32.2. The molecule has 1 saturated heterocycles. The van der Waals surface area contributed by atoms with E-state index in [1.807, 2.05) is 6.92 Å². The molecule has 1 atom stereocenters. The predicted octanol–water partition coefficient (Wildman–Crippen LogP) is 0.935. The SMILES string of the molecule is COC(=O)c1ccc(NC(=O)CC2C(=O)N(C3CC3)C(=S)N2Cc2/c(=N/S(=O)(=O)c3ccc(C)cc3)o[n-][n+]2C)cc1. The van der Waals surface area contributed by atoms with Gasteiger partial charge in [0.15, 0.2) is 5.11 Å². The molecule has 42 heavy (non-hydrogen) atoms. The third-order valence-electron chi connectivity index (χ3n) is 6.96. The van der Waals surface area contributed by atoms with Crippen LogP contribution in [0.5, 0.6) is 0 Å². The molecule has 1 N–H and O–H groups in total. The molecule has 2 heterocycles. The lowest BCUT2D eigenvalue weighted by Gasteiger charge is -2.22. The van der Waals surface area contributed by atoms with E-state index in [1.54, 1.807) is 36.2 Å².